The fourth-order valence-corrected chi connectivity index (χ4v) is 1.84. The molecule has 4 heteroatoms. The molecule has 4 nitrogen and oxygen atoms in total. The van der Waals surface area contributed by atoms with Crippen molar-refractivity contribution in [1.29, 1.82) is 0 Å². The van der Waals surface area contributed by atoms with Crippen LogP contribution < -0.4 is 10.5 Å². The summed E-state index contributed by atoms with van der Waals surface area (Å²) in [6, 6.07) is 7.66. The SMILES string of the molecule is CCC(C)(C)N(C)CC(O)COc1cccc(CN)c1. The Labute approximate surface area is 122 Å². The van der Waals surface area contributed by atoms with Crippen molar-refractivity contribution in [2.24, 2.45) is 5.73 Å². The first-order chi connectivity index (χ1) is 9.39. The van der Waals surface area contributed by atoms with Crippen LogP contribution in [0, 0.1) is 0 Å². The number of β-amino-alcohol motifs (C(OH)–C–C–N with tert-alkyl or cyclic N) is 1. The number of benzene rings is 1. The molecule has 0 bridgehead atoms. The fraction of sp³-hybridized carbons (Fsp3) is 0.625. The summed E-state index contributed by atoms with van der Waals surface area (Å²) < 4.78 is 5.63. The minimum absolute atomic E-state index is 0.0838. The number of nitrogens with zero attached hydrogens (tertiary/aromatic N) is 1. The van der Waals surface area contributed by atoms with E-state index in [4.69, 9.17) is 10.5 Å². The first-order valence-electron chi connectivity index (χ1n) is 7.20. The molecule has 0 aromatic heterocycles. The molecule has 0 saturated carbocycles. The summed E-state index contributed by atoms with van der Waals surface area (Å²) in [5, 5.41) is 10.1. The van der Waals surface area contributed by atoms with Crippen LogP contribution in [0.15, 0.2) is 24.3 Å². The van der Waals surface area contributed by atoms with E-state index in [1.807, 2.05) is 31.3 Å². The largest absolute Gasteiger partial charge is 0.491 e. The van der Waals surface area contributed by atoms with E-state index >= 15 is 0 Å². The topological polar surface area (TPSA) is 58.7 Å². The van der Waals surface area contributed by atoms with E-state index in [0.717, 1.165) is 17.7 Å². The van der Waals surface area contributed by atoms with Crippen molar-refractivity contribution in [3.05, 3.63) is 29.8 Å². The number of rotatable bonds is 8. The molecule has 0 heterocycles. The van der Waals surface area contributed by atoms with Crippen LogP contribution in [-0.2, 0) is 6.54 Å². The van der Waals surface area contributed by atoms with Crippen LogP contribution in [0.3, 0.4) is 0 Å². The highest BCUT2D eigenvalue weighted by atomic mass is 16.5. The van der Waals surface area contributed by atoms with Crippen molar-refractivity contribution in [2.45, 2.75) is 45.4 Å². The average molecular weight is 280 g/mol. The van der Waals surface area contributed by atoms with Crippen LogP contribution >= 0.6 is 0 Å². The Balaban J connectivity index is 2.45. The van der Waals surface area contributed by atoms with Crippen molar-refractivity contribution < 1.29 is 9.84 Å². The standard InChI is InChI=1S/C16H28N2O2/c1-5-16(2,3)18(4)11-14(19)12-20-15-8-6-7-13(9-15)10-17/h6-9,14,19H,5,10-12,17H2,1-4H3. The van der Waals surface area contributed by atoms with Gasteiger partial charge in [-0.1, -0.05) is 19.1 Å². The molecular weight excluding hydrogens is 252 g/mol. The van der Waals surface area contributed by atoms with E-state index in [1.54, 1.807) is 0 Å². The van der Waals surface area contributed by atoms with E-state index in [-0.39, 0.29) is 12.1 Å². The average Bonchev–Trinajstić information content (AvgIpc) is 2.45. The number of aliphatic hydroxyl groups excluding tert-OH is 1. The third-order valence-corrected chi connectivity index (χ3v) is 3.96. The van der Waals surface area contributed by atoms with Crippen LogP contribution in [0.1, 0.15) is 32.8 Å². The molecule has 1 aromatic carbocycles. The van der Waals surface area contributed by atoms with Gasteiger partial charge in [0.25, 0.3) is 0 Å². The monoisotopic (exact) mass is 280 g/mol. The Morgan fingerprint density at radius 2 is 2.10 bits per heavy atom. The maximum Gasteiger partial charge on any atom is 0.119 e. The summed E-state index contributed by atoms with van der Waals surface area (Å²) in [6.07, 6.45) is 0.530. The number of nitrogens with two attached hydrogens (primary N) is 1. The molecule has 1 rings (SSSR count). The molecule has 0 amide bonds. The van der Waals surface area contributed by atoms with E-state index in [0.29, 0.717) is 13.1 Å². The maximum absolute atomic E-state index is 10.1. The molecule has 3 N–H and O–H groups in total. The van der Waals surface area contributed by atoms with Gasteiger partial charge in [-0.2, -0.15) is 0 Å². The lowest BCUT2D eigenvalue weighted by Crippen LogP contribution is -2.45. The predicted molar refractivity (Wildman–Crippen MR) is 82.8 cm³/mol. The first-order valence-corrected chi connectivity index (χ1v) is 7.20. The van der Waals surface area contributed by atoms with Gasteiger partial charge in [-0.3, -0.25) is 4.90 Å². The summed E-state index contributed by atoms with van der Waals surface area (Å²) in [6.45, 7) is 7.87. The summed E-state index contributed by atoms with van der Waals surface area (Å²) in [7, 11) is 2.03. The highest BCUT2D eigenvalue weighted by molar-refractivity contribution is 5.28. The van der Waals surface area contributed by atoms with Gasteiger partial charge >= 0.3 is 0 Å². The quantitative estimate of drug-likeness (QED) is 0.765. The number of aliphatic hydroxyl groups is 1. The molecule has 1 atom stereocenters. The second kappa shape index (κ2) is 7.62. The van der Waals surface area contributed by atoms with Crippen molar-refractivity contribution in [3.8, 4) is 5.75 Å². The van der Waals surface area contributed by atoms with Gasteiger partial charge in [0.1, 0.15) is 18.5 Å². The molecule has 0 radical (unpaired) electrons. The van der Waals surface area contributed by atoms with Crippen molar-refractivity contribution in [2.75, 3.05) is 20.2 Å². The Hall–Kier alpha value is -1.10. The van der Waals surface area contributed by atoms with E-state index < -0.39 is 6.10 Å². The molecule has 1 unspecified atom stereocenters. The third-order valence-electron chi connectivity index (χ3n) is 3.96. The zero-order valence-electron chi connectivity index (χ0n) is 13.1. The molecule has 20 heavy (non-hydrogen) atoms. The lowest BCUT2D eigenvalue weighted by molar-refractivity contribution is 0.0407. The Morgan fingerprint density at radius 3 is 2.70 bits per heavy atom. The van der Waals surface area contributed by atoms with E-state index in [9.17, 15) is 5.11 Å². The number of hydrogen-bond donors (Lipinski definition) is 2. The van der Waals surface area contributed by atoms with Crippen LogP contribution in [0.2, 0.25) is 0 Å². The Bertz CT molecular complexity index is 407. The number of ether oxygens (including phenoxy) is 1. The van der Waals surface area contributed by atoms with Gasteiger partial charge < -0.3 is 15.6 Å². The Kier molecular flexibility index (Phi) is 6.46. The second-order valence-corrected chi connectivity index (χ2v) is 5.86. The number of likely N-dealkylation sites (N-methyl/N-ethyl adjacent to an activating group) is 1. The van der Waals surface area contributed by atoms with Gasteiger partial charge in [-0.15, -0.1) is 0 Å². The smallest absolute Gasteiger partial charge is 0.119 e. The first kappa shape index (κ1) is 17.0. The van der Waals surface area contributed by atoms with Gasteiger partial charge in [0, 0.05) is 18.6 Å². The van der Waals surface area contributed by atoms with Crippen LogP contribution in [-0.4, -0.2) is 41.8 Å². The second-order valence-electron chi connectivity index (χ2n) is 5.86. The van der Waals surface area contributed by atoms with Crippen LogP contribution in [0.5, 0.6) is 5.75 Å². The van der Waals surface area contributed by atoms with Gasteiger partial charge in [0.05, 0.1) is 0 Å². The normalized spacial score (nSPS) is 13.6. The van der Waals surface area contributed by atoms with Crippen LogP contribution in [0.4, 0.5) is 0 Å². The predicted octanol–water partition coefficient (Wildman–Crippen LogP) is 2.01. The summed E-state index contributed by atoms with van der Waals surface area (Å²) in [5.41, 5.74) is 6.70. The summed E-state index contributed by atoms with van der Waals surface area (Å²) in [5.74, 6) is 0.754. The fourth-order valence-electron chi connectivity index (χ4n) is 1.84. The summed E-state index contributed by atoms with van der Waals surface area (Å²) in [4.78, 5) is 2.16. The molecule has 114 valence electrons. The molecule has 0 aliphatic carbocycles. The zero-order valence-corrected chi connectivity index (χ0v) is 13.1. The molecule has 0 aliphatic heterocycles. The highest BCUT2D eigenvalue weighted by Gasteiger charge is 2.23. The molecule has 0 spiro atoms. The van der Waals surface area contributed by atoms with Gasteiger partial charge in [0.2, 0.25) is 0 Å². The van der Waals surface area contributed by atoms with Crippen molar-refractivity contribution >= 4 is 0 Å². The van der Waals surface area contributed by atoms with Gasteiger partial charge in [-0.25, -0.2) is 0 Å². The third kappa shape index (κ3) is 5.12. The van der Waals surface area contributed by atoms with Crippen molar-refractivity contribution in [3.63, 3.8) is 0 Å². The van der Waals surface area contributed by atoms with Gasteiger partial charge in [-0.05, 0) is 45.0 Å². The van der Waals surface area contributed by atoms with Gasteiger partial charge in [0.15, 0.2) is 0 Å². The Morgan fingerprint density at radius 1 is 1.40 bits per heavy atom. The lowest BCUT2D eigenvalue weighted by atomic mass is 10.00. The van der Waals surface area contributed by atoms with E-state index in [1.165, 1.54) is 0 Å². The van der Waals surface area contributed by atoms with Crippen LogP contribution in [0.25, 0.3) is 0 Å². The van der Waals surface area contributed by atoms with Crippen molar-refractivity contribution in [1.82, 2.24) is 4.90 Å². The molecule has 0 saturated heterocycles. The number of hydrogen-bond acceptors (Lipinski definition) is 4. The molecule has 0 aliphatic rings. The minimum atomic E-state index is -0.507. The van der Waals surface area contributed by atoms with E-state index in [2.05, 4.69) is 25.7 Å². The highest BCUT2D eigenvalue weighted by Crippen LogP contribution is 2.17. The zero-order chi connectivity index (χ0) is 15.2. The summed E-state index contributed by atoms with van der Waals surface area (Å²) >= 11 is 0. The lowest BCUT2D eigenvalue weighted by Gasteiger charge is -2.36. The maximum atomic E-state index is 10.1. The molecular formula is C16H28N2O2. The molecule has 1 aromatic rings. The molecule has 0 fully saturated rings. The minimum Gasteiger partial charge on any atom is -0.491 e.